The second kappa shape index (κ2) is 8.47. The summed E-state index contributed by atoms with van der Waals surface area (Å²) in [7, 11) is 0. The highest BCUT2D eigenvalue weighted by Crippen LogP contribution is 2.37. The number of nitrogens with one attached hydrogen (secondary N) is 1. The molecule has 0 fully saturated rings. The fourth-order valence-electron chi connectivity index (χ4n) is 3.22. The van der Waals surface area contributed by atoms with E-state index in [1.807, 2.05) is 48.5 Å². The zero-order valence-electron chi connectivity index (χ0n) is 16.2. The molecular formula is C24H13BrCl2N2O3. The van der Waals surface area contributed by atoms with Crippen LogP contribution in [0.1, 0.15) is 10.6 Å². The second-order valence-corrected chi connectivity index (χ2v) is 8.66. The largest absolute Gasteiger partial charge is 0.451 e. The fraction of sp³-hybridized carbons (Fsp3) is 0. The van der Waals surface area contributed by atoms with Crippen LogP contribution in [0.15, 0.2) is 86.1 Å². The van der Waals surface area contributed by atoms with E-state index in [0.29, 0.717) is 22.8 Å². The van der Waals surface area contributed by atoms with Gasteiger partial charge in [0.05, 0.1) is 15.7 Å². The van der Waals surface area contributed by atoms with Crippen LogP contribution in [0.25, 0.3) is 33.9 Å². The molecular weight excluding hydrogens is 515 g/mol. The number of carbonyl (C=O) groups excluding carboxylic acids is 1. The molecule has 1 amide bonds. The lowest BCUT2D eigenvalue weighted by atomic mass is 10.2. The highest BCUT2D eigenvalue weighted by Gasteiger charge is 2.18. The summed E-state index contributed by atoms with van der Waals surface area (Å²) in [5.41, 5.74) is 3.12. The highest BCUT2D eigenvalue weighted by atomic mass is 79.9. The number of furan rings is 1. The Kier molecular flexibility index (Phi) is 5.51. The molecule has 0 saturated heterocycles. The first-order chi connectivity index (χ1) is 15.5. The lowest BCUT2D eigenvalue weighted by Gasteiger charge is -2.09. The summed E-state index contributed by atoms with van der Waals surface area (Å²) < 4.78 is 12.4. The summed E-state index contributed by atoms with van der Waals surface area (Å²) in [4.78, 5) is 17.2. The number of carbonyl (C=O) groups is 1. The van der Waals surface area contributed by atoms with E-state index in [1.54, 1.807) is 24.3 Å². The van der Waals surface area contributed by atoms with E-state index in [1.165, 1.54) is 0 Å². The molecule has 0 aliphatic heterocycles. The summed E-state index contributed by atoms with van der Waals surface area (Å²) in [6.45, 7) is 0. The molecule has 0 saturated carbocycles. The second-order valence-electron chi connectivity index (χ2n) is 6.93. The van der Waals surface area contributed by atoms with Gasteiger partial charge < -0.3 is 14.2 Å². The van der Waals surface area contributed by atoms with Crippen molar-refractivity contribution in [2.24, 2.45) is 0 Å². The van der Waals surface area contributed by atoms with E-state index in [0.717, 1.165) is 15.6 Å². The van der Waals surface area contributed by atoms with Crippen LogP contribution in [0.2, 0.25) is 10.0 Å². The Morgan fingerprint density at radius 3 is 2.31 bits per heavy atom. The number of benzene rings is 3. The maximum absolute atomic E-state index is 12.7. The molecule has 2 heterocycles. The van der Waals surface area contributed by atoms with Crippen LogP contribution >= 0.6 is 39.1 Å². The average molecular weight is 528 g/mol. The van der Waals surface area contributed by atoms with Crippen molar-refractivity contribution in [1.82, 2.24) is 4.98 Å². The van der Waals surface area contributed by atoms with Crippen molar-refractivity contribution in [2.45, 2.75) is 0 Å². The van der Waals surface area contributed by atoms with Crippen molar-refractivity contribution >= 4 is 61.8 Å². The van der Waals surface area contributed by atoms with Gasteiger partial charge in [0.15, 0.2) is 11.3 Å². The number of fused-ring (bicyclic) bond motifs is 1. The molecule has 0 bridgehead atoms. The fourth-order valence-corrected chi connectivity index (χ4v) is 4.06. The normalized spacial score (nSPS) is 11.1. The Labute approximate surface area is 201 Å². The first-order valence-corrected chi connectivity index (χ1v) is 11.0. The van der Waals surface area contributed by atoms with Gasteiger partial charge in [-0.3, -0.25) is 4.79 Å². The molecule has 5 rings (SSSR count). The van der Waals surface area contributed by atoms with E-state index in [-0.39, 0.29) is 21.5 Å². The van der Waals surface area contributed by atoms with Crippen LogP contribution in [0.5, 0.6) is 0 Å². The van der Waals surface area contributed by atoms with Gasteiger partial charge >= 0.3 is 0 Å². The van der Waals surface area contributed by atoms with E-state index in [4.69, 9.17) is 32.0 Å². The molecule has 32 heavy (non-hydrogen) atoms. The Bertz CT molecular complexity index is 1400. The van der Waals surface area contributed by atoms with Crippen LogP contribution in [-0.4, -0.2) is 10.9 Å². The zero-order valence-corrected chi connectivity index (χ0v) is 19.3. The molecule has 8 heteroatoms. The SMILES string of the molecule is O=C(Nc1c(Cl)cc(-c2nc3ccccc3o2)cc1Cl)c1ccc(-c2ccc(Br)cc2)o1. The third kappa shape index (κ3) is 4.05. The molecule has 5 aromatic rings. The van der Waals surface area contributed by atoms with E-state index in [9.17, 15) is 4.79 Å². The minimum atomic E-state index is -0.466. The maximum Gasteiger partial charge on any atom is 0.291 e. The molecule has 5 nitrogen and oxygen atoms in total. The standard InChI is InChI=1S/C24H13BrCl2N2O3/c25-15-7-5-13(6-8-15)19-9-10-21(31-19)23(30)29-22-16(26)11-14(12-17(22)27)24-28-18-3-1-2-4-20(18)32-24/h1-12H,(H,29,30). The topological polar surface area (TPSA) is 68.3 Å². The number of rotatable bonds is 4. The third-order valence-electron chi connectivity index (χ3n) is 4.78. The first-order valence-electron chi connectivity index (χ1n) is 9.50. The number of amides is 1. The monoisotopic (exact) mass is 526 g/mol. The predicted molar refractivity (Wildman–Crippen MR) is 129 cm³/mol. The van der Waals surface area contributed by atoms with Gasteiger partial charge in [-0.25, -0.2) is 4.98 Å². The van der Waals surface area contributed by atoms with Crippen LogP contribution < -0.4 is 5.32 Å². The van der Waals surface area contributed by atoms with Crippen LogP contribution in [0.3, 0.4) is 0 Å². The van der Waals surface area contributed by atoms with Crippen LogP contribution in [0, 0.1) is 0 Å². The van der Waals surface area contributed by atoms with Gasteiger partial charge in [0.2, 0.25) is 5.89 Å². The number of aromatic nitrogens is 1. The predicted octanol–water partition coefficient (Wildman–Crippen LogP) is 8.08. The molecule has 0 radical (unpaired) electrons. The Morgan fingerprint density at radius 1 is 0.875 bits per heavy atom. The minimum absolute atomic E-state index is 0.137. The molecule has 0 unspecified atom stereocenters. The number of nitrogens with zero attached hydrogens (tertiary/aromatic N) is 1. The van der Waals surface area contributed by atoms with Gasteiger partial charge in [0.25, 0.3) is 5.91 Å². The molecule has 1 N–H and O–H groups in total. The summed E-state index contributed by atoms with van der Waals surface area (Å²) in [5, 5.41) is 3.22. The summed E-state index contributed by atoms with van der Waals surface area (Å²) >= 11 is 16.3. The van der Waals surface area contributed by atoms with Gasteiger partial charge in [-0.1, -0.05) is 63.4 Å². The van der Waals surface area contributed by atoms with Gasteiger partial charge in [0.1, 0.15) is 11.3 Å². The van der Waals surface area contributed by atoms with Gasteiger partial charge in [-0.15, -0.1) is 0 Å². The van der Waals surface area contributed by atoms with Crippen LogP contribution in [-0.2, 0) is 0 Å². The molecule has 158 valence electrons. The number of hydrogen-bond acceptors (Lipinski definition) is 4. The highest BCUT2D eigenvalue weighted by molar-refractivity contribution is 9.10. The third-order valence-corrected chi connectivity index (χ3v) is 5.90. The van der Waals surface area contributed by atoms with E-state index < -0.39 is 5.91 Å². The van der Waals surface area contributed by atoms with Crippen molar-refractivity contribution in [3.63, 3.8) is 0 Å². The lowest BCUT2D eigenvalue weighted by Crippen LogP contribution is -2.11. The summed E-state index contributed by atoms with van der Waals surface area (Å²) in [6.07, 6.45) is 0. The number of halogens is 3. The van der Waals surface area contributed by atoms with E-state index in [2.05, 4.69) is 26.2 Å². The summed E-state index contributed by atoms with van der Waals surface area (Å²) in [6, 6.07) is 21.6. The number of oxazole rings is 1. The van der Waals surface area contributed by atoms with Crippen molar-refractivity contribution < 1.29 is 13.6 Å². The Balaban J connectivity index is 1.39. The van der Waals surface area contributed by atoms with Gasteiger partial charge in [-0.05, 0) is 48.5 Å². The minimum Gasteiger partial charge on any atom is -0.451 e. The molecule has 0 spiro atoms. The van der Waals surface area contributed by atoms with Crippen LogP contribution in [0.4, 0.5) is 5.69 Å². The van der Waals surface area contributed by atoms with Crippen molar-refractivity contribution in [3.05, 3.63) is 93.1 Å². The maximum atomic E-state index is 12.7. The van der Waals surface area contributed by atoms with E-state index >= 15 is 0 Å². The molecule has 0 aliphatic rings. The number of anilines is 1. The average Bonchev–Trinajstić information content (AvgIpc) is 3.44. The molecule has 3 aromatic carbocycles. The smallest absolute Gasteiger partial charge is 0.291 e. The quantitative estimate of drug-likeness (QED) is 0.256. The van der Waals surface area contributed by atoms with Crippen molar-refractivity contribution in [3.8, 4) is 22.8 Å². The van der Waals surface area contributed by atoms with Gasteiger partial charge in [-0.2, -0.15) is 0 Å². The Morgan fingerprint density at radius 2 is 1.59 bits per heavy atom. The molecule has 0 aliphatic carbocycles. The molecule has 0 atom stereocenters. The lowest BCUT2D eigenvalue weighted by molar-refractivity contribution is 0.0997. The Hall–Kier alpha value is -3.06. The summed E-state index contributed by atoms with van der Waals surface area (Å²) in [5.74, 6) is 0.633. The van der Waals surface area contributed by atoms with Crippen molar-refractivity contribution in [1.29, 1.82) is 0 Å². The number of para-hydroxylation sites is 2. The first kappa shape index (κ1) is 20.8. The zero-order chi connectivity index (χ0) is 22.2. The van der Waals surface area contributed by atoms with Crippen molar-refractivity contribution in [2.75, 3.05) is 5.32 Å². The van der Waals surface area contributed by atoms with Gasteiger partial charge in [0, 0.05) is 15.6 Å². The molecule has 2 aromatic heterocycles. The number of hydrogen-bond donors (Lipinski definition) is 1.